The standard InChI is InChI=1S/C21H36N4O2S.HI/c1-3-19-11-8-9-16-25(19)17-15-24-21(22-4-2)23-14-10-18-28(26,27)20-12-6-5-7-13-20;/h5-7,12-13,19H,3-4,8-11,14-18H2,1-2H3,(H2,22,23,24);1H. The molecular formula is C21H37IN4O2S. The highest BCUT2D eigenvalue weighted by atomic mass is 127. The van der Waals surface area contributed by atoms with Gasteiger partial charge in [-0.3, -0.25) is 9.89 Å². The lowest BCUT2D eigenvalue weighted by molar-refractivity contribution is 0.147. The number of benzene rings is 1. The Kier molecular flexibility index (Phi) is 12.8. The lowest BCUT2D eigenvalue weighted by atomic mass is 10.0. The molecule has 0 aliphatic carbocycles. The Morgan fingerprint density at radius 1 is 1.17 bits per heavy atom. The van der Waals surface area contributed by atoms with Gasteiger partial charge in [-0.1, -0.05) is 31.5 Å². The number of halogens is 1. The summed E-state index contributed by atoms with van der Waals surface area (Å²) < 4.78 is 24.6. The smallest absolute Gasteiger partial charge is 0.191 e. The SMILES string of the molecule is CCNC(=NCCCS(=O)(=O)c1ccccc1)NCCN1CCCCC1CC.I. The number of hydrogen-bond donors (Lipinski definition) is 2. The lowest BCUT2D eigenvalue weighted by Gasteiger charge is -2.35. The molecule has 1 aromatic carbocycles. The summed E-state index contributed by atoms with van der Waals surface area (Å²) in [6, 6.07) is 9.33. The van der Waals surface area contributed by atoms with Crippen LogP contribution >= 0.6 is 24.0 Å². The zero-order chi connectivity index (χ0) is 20.2. The summed E-state index contributed by atoms with van der Waals surface area (Å²) in [5, 5.41) is 6.64. The second kappa shape index (κ2) is 14.2. The van der Waals surface area contributed by atoms with Crippen LogP contribution < -0.4 is 10.6 Å². The molecule has 1 aliphatic heterocycles. The van der Waals surface area contributed by atoms with Crippen LogP contribution in [0.25, 0.3) is 0 Å². The van der Waals surface area contributed by atoms with Gasteiger partial charge in [0.15, 0.2) is 15.8 Å². The van der Waals surface area contributed by atoms with Gasteiger partial charge >= 0.3 is 0 Å². The molecule has 2 N–H and O–H groups in total. The van der Waals surface area contributed by atoms with Crippen molar-refractivity contribution in [2.45, 2.75) is 56.9 Å². The molecule has 0 aromatic heterocycles. The topological polar surface area (TPSA) is 73.8 Å². The summed E-state index contributed by atoms with van der Waals surface area (Å²) in [7, 11) is -3.23. The van der Waals surface area contributed by atoms with Crippen LogP contribution in [0.1, 0.15) is 46.0 Å². The average Bonchev–Trinajstić information content (AvgIpc) is 2.72. The van der Waals surface area contributed by atoms with Gasteiger partial charge in [0.25, 0.3) is 0 Å². The van der Waals surface area contributed by atoms with Crippen LogP contribution in [-0.2, 0) is 9.84 Å². The van der Waals surface area contributed by atoms with Crippen LogP contribution in [0, 0.1) is 0 Å². The number of hydrogen-bond acceptors (Lipinski definition) is 4. The van der Waals surface area contributed by atoms with Crippen molar-refractivity contribution in [3.8, 4) is 0 Å². The van der Waals surface area contributed by atoms with Gasteiger partial charge in [0.2, 0.25) is 0 Å². The van der Waals surface area contributed by atoms with Gasteiger partial charge < -0.3 is 10.6 Å². The van der Waals surface area contributed by atoms with Crippen molar-refractivity contribution < 1.29 is 8.42 Å². The maximum atomic E-state index is 12.3. The zero-order valence-electron chi connectivity index (χ0n) is 17.8. The maximum absolute atomic E-state index is 12.3. The minimum Gasteiger partial charge on any atom is -0.357 e. The van der Waals surface area contributed by atoms with Crippen molar-refractivity contribution in [1.29, 1.82) is 0 Å². The minimum absolute atomic E-state index is 0. The fraction of sp³-hybridized carbons (Fsp3) is 0.667. The maximum Gasteiger partial charge on any atom is 0.191 e. The van der Waals surface area contributed by atoms with Gasteiger partial charge in [0.1, 0.15) is 0 Å². The number of nitrogens with zero attached hydrogens (tertiary/aromatic N) is 2. The molecule has 1 atom stereocenters. The molecule has 1 fully saturated rings. The predicted molar refractivity (Wildman–Crippen MR) is 132 cm³/mol. The van der Waals surface area contributed by atoms with E-state index in [4.69, 9.17) is 0 Å². The van der Waals surface area contributed by atoms with Crippen LogP contribution in [0.15, 0.2) is 40.2 Å². The van der Waals surface area contributed by atoms with Crippen molar-refractivity contribution in [3.05, 3.63) is 30.3 Å². The summed E-state index contributed by atoms with van der Waals surface area (Å²) in [6.07, 6.45) is 5.67. The molecule has 0 spiro atoms. The van der Waals surface area contributed by atoms with Crippen molar-refractivity contribution in [2.24, 2.45) is 4.99 Å². The average molecular weight is 537 g/mol. The van der Waals surface area contributed by atoms with E-state index in [9.17, 15) is 8.42 Å². The number of piperidine rings is 1. The Labute approximate surface area is 193 Å². The molecule has 0 amide bonds. The highest BCUT2D eigenvalue weighted by Gasteiger charge is 2.20. The van der Waals surface area contributed by atoms with Crippen molar-refractivity contribution in [3.63, 3.8) is 0 Å². The number of likely N-dealkylation sites (tertiary alicyclic amines) is 1. The highest BCUT2D eigenvalue weighted by Crippen LogP contribution is 2.18. The zero-order valence-corrected chi connectivity index (χ0v) is 20.9. The molecule has 1 heterocycles. The number of rotatable bonds is 10. The first-order chi connectivity index (χ1) is 13.6. The van der Waals surface area contributed by atoms with Gasteiger partial charge in [0.05, 0.1) is 10.6 Å². The third-order valence-electron chi connectivity index (χ3n) is 5.20. The number of guanidine groups is 1. The summed E-state index contributed by atoms with van der Waals surface area (Å²) in [6.45, 7) is 8.64. The fourth-order valence-corrected chi connectivity index (χ4v) is 4.98. The second-order valence-electron chi connectivity index (χ2n) is 7.27. The molecule has 29 heavy (non-hydrogen) atoms. The first-order valence-electron chi connectivity index (χ1n) is 10.6. The summed E-state index contributed by atoms with van der Waals surface area (Å²) in [4.78, 5) is 7.50. The van der Waals surface area contributed by atoms with E-state index in [0.717, 1.165) is 25.6 Å². The van der Waals surface area contributed by atoms with E-state index in [1.54, 1.807) is 24.3 Å². The molecule has 1 aromatic rings. The van der Waals surface area contributed by atoms with E-state index < -0.39 is 9.84 Å². The van der Waals surface area contributed by atoms with E-state index in [-0.39, 0.29) is 29.7 Å². The van der Waals surface area contributed by atoms with Crippen molar-refractivity contribution >= 4 is 39.8 Å². The van der Waals surface area contributed by atoms with Gasteiger partial charge in [0, 0.05) is 32.2 Å². The Hall–Kier alpha value is -0.870. The summed E-state index contributed by atoms with van der Waals surface area (Å²) in [5.41, 5.74) is 0. The van der Waals surface area contributed by atoms with Crippen LogP contribution in [0.2, 0.25) is 0 Å². The van der Waals surface area contributed by atoms with Gasteiger partial charge in [-0.2, -0.15) is 0 Å². The van der Waals surface area contributed by atoms with E-state index in [1.165, 1.54) is 32.2 Å². The Morgan fingerprint density at radius 2 is 1.93 bits per heavy atom. The van der Waals surface area contributed by atoms with E-state index in [1.807, 2.05) is 13.0 Å². The normalized spacial score (nSPS) is 18.1. The first kappa shape index (κ1) is 26.2. The molecular weight excluding hydrogens is 499 g/mol. The van der Waals surface area contributed by atoms with Gasteiger partial charge in [-0.25, -0.2) is 8.42 Å². The van der Waals surface area contributed by atoms with Crippen LogP contribution in [0.5, 0.6) is 0 Å². The molecule has 1 saturated heterocycles. The Balaban J connectivity index is 0.00000420. The Bertz CT molecular complexity index is 698. The molecule has 1 aliphatic rings. The number of aliphatic imine (C=N–C) groups is 1. The summed E-state index contributed by atoms with van der Waals surface area (Å²) in [5.74, 6) is 0.885. The monoisotopic (exact) mass is 536 g/mol. The fourth-order valence-electron chi connectivity index (χ4n) is 3.67. The quantitative estimate of drug-likeness (QED) is 0.208. The minimum atomic E-state index is -3.23. The van der Waals surface area contributed by atoms with Gasteiger partial charge in [-0.05, 0) is 51.3 Å². The molecule has 8 heteroatoms. The van der Waals surface area contributed by atoms with Crippen LogP contribution in [-0.4, -0.2) is 63.8 Å². The first-order valence-corrected chi connectivity index (χ1v) is 12.3. The molecule has 0 bridgehead atoms. The van der Waals surface area contributed by atoms with Crippen molar-refractivity contribution in [1.82, 2.24) is 15.5 Å². The number of sulfone groups is 1. The van der Waals surface area contributed by atoms with Crippen LogP contribution in [0.4, 0.5) is 0 Å². The van der Waals surface area contributed by atoms with Crippen LogP contribution in [0.3, 0.4) is 0 Å². The molecule has 6 nitrogen and oxygen atoms in total. The molecule has 2 rings (SSSR count). The van der Waals surface area contributed by atoms with Crippen molar-refractivity contribution in [2.75, 3.05) is 38.5 Å². The lowest BCUT2D eigenvalue weighted by Crippen LogP contribution is -2.46. The Morgan fingerprint density at radius 3 is 2.62 bits per heavy atom. The van der Waals surface area contributed by atoms with E-state index in [0.29, 0.717) is 23.9 Å². The number of nitrogens with one attached hydrogen (secondary N) is 2. The van der Waals surface area contributed by atoms with E-state index in [2.05, 4.69) is 27.4 Å². The predicted octanol–water partition coefficient (Wildman–Crippen LogP) is 3.29. The molecule has 1 unspecified atom stereocenters. The molecule has 0 saturated carbocycles. The second-order valence-corrected chi connectivity index (χ2v) is 9.38. The summed E-state index contributed by atoms with van der Waals surface area (Å²) >= 11 is 0. The highest BCUT2D eigenvalue weighted by molar-refractivity contribution is 14.0. The third-order valence-corrected chi connectivity index (χ3v) is 7.02. The van der Waals surface area contributed by atoms with E-state index >= 15 is 0 Å². The van der Waals surface area contributed by atoms with Gasteiger partial charge in [-0.15, -0.1) is 24.0 Å². The third kappa shape index (κ3) is 9.21. The largest absolute Gasteiger partial charge is 0.357 e. The molecule has 166 valence electrons. The molecule has 0 radical (unpaired) electrons.